The van der Waals surface area contributed by atoms with Gasteiger partial charge in [-0.3, -0.25) is 9.59 Å². The number of amides is 2. The summed E-state index contributed by atoms with van der Waals surface area (Å²) in [5.41, 5.74) is 1.82. The standard InChI is InChI=1S/C22H20Cl2N4O3S/c1-13(29)27-6-8-28(9-7-27)21(30)5-3-14-2-4-19(15(23)10-14)32-20-12-18-17(11-16(20)24)25-22(31)26-18/h2-5,10-12H,6-9H2,1H3,(H2,25,26,31)/b5-3+. The van der Waals surface area contributed by atoms with Crippen molar-refractivity contribution in [3.05, 3.63) is 62.5 Å². The van der Waals surface area contributed by atoms with Crippen molar-refractivity contribution in [2.24, 2.45) is 0 Å². The van der Waals surface area contributed by atoms with Gasteiger partial charge in [0.1, 0.15) is 0 Å². The van der Waals surface area contributed by atoms with Crippen LogP contribution in [0.4, 0.5) is 0 Å². The maximum Gasteiger partial charge on any atom is 0.323 e. The minimum Gasteiger partial charge on any atom is -0.339 e. The molecule has 3 aromatic rings. The molecule has 1 saturated heterocycles. The molecule has 2 heterocycles. The fourth-order valence-corrected chi connectivity index (χ4v) is 4.90. The van der Waals surface area contributed by atoms with Crippen molar-refractivity contribution in [3.8, 4) is 0 Å². The number of H-pyrrole nitrogens is 2. The average Bonchev–Trinajstić information content (AvgIpc) is 3.12. The number of nitrogens with zero attached hydrogens (tertiary/aromatic N) is 2. The van der Waals surface area contributed by atoms with Crippen molar-refractivity contribution < 1.29 is 9.59 Å². The molecule has 0 saturated carbocycles. The Labute approximate surface area is 198 Å². The highest BCUT2D eigenvalue weighted by atomic mass is 35.5. The lowest BCUT2D eigenvalue weighted by Gasteiger charge is -2.33. The smallest absolute Gasteiger partial charge is 0.323 e. The second-order valence-corrected chi connectivity index (χ2v) is 9.26. The van der Waals surface area contributed by atoms with E-state index in [1.54, 1.807) is 34.1 Å². The highest BCUT2D eigenvalue weighted by Gasteiger charge is 2.20. The first-order valence-corrected chi connectivity index (χ1v) is 11.5. The molecule has 2 N–H and O–H groups in total. The zero-order valence-corrected chi connectivity index (χ0v) is 19.5. The van der Waals surface area contributed by atoms with E-state index >= 15 is 0 Å². The van der Waals surface area contributed by atoms with Crippen LogP contribution in [0.1, 0.15) is 12.5 Å². The number of carbonyl (C=O) groups excluding carboxylic acids is 2. The predicted octanol–water partition coefficient (Wildman–Crippen LogP) is 4.02. The van der Waals surface area contributed by atoms with Crippen molar-refractivity contribution in [1.82, 2.24) is 19.8 Å². The molecule has 0 radical (unpaired) electrons. The summed E-state index contributed by atoms with van der Waals surface area (Å²) >= 11 is 14.2. The normalized spacial score (nSPS) is 14.5. The molecule has 1 aliphatic heterocycles. The van der Waals surface area contributed by atoms with Gasteiger partial charge in [0, 0.05) is 49.0 Å². The fourth-order valence-electron chi connectivity index (χ4n) is 3.45. The molecule has 2 aromatic carbocycles. The van der Waals surface area contributed by atoms with Gasteiger partial charge in [-0.15, -0.1) is 0 Å². The number of benzene rings is 2. The molecule has 7 nitrogen and oxygen atoms in total. The Bertz CT molecular complexity index is 1280. The zero-order valence-electron chi connectivity index (χ0n) is 17.2. The first-order chi connectivity index (χ1) is 15.3. The van der Waals surface area contributed by atoms with Crippen LogP contribution in [-0.2, 0) is 9.59 Å². The van der Waals surface area contributed by atoms with Crippen LogP contribution in [0, 0.1) is 0 Å². The van der Waals surface area contributed by atoms with Gasteiger partial charge in [-0.25, -0.2) is 4.79 Å². The van der Waals surface area contributed by atoms with Crippen molar-refractivity contribution in [3.63, 3.8) is 0 Å². The molecule has 0 bridgehead atoms. The lowest BCUT2D eigenvalue weighted by Crippen LogP contribution is -2.49. The van der Waals surface area contributed by atoms with E-state index in [1.807, 2.05) is 12.1 Å². The molecule has 10 heteroatoms. The number of aromatic nitrogens is 2. The third kappa shape index (κ3) is 5.03. The summed E-state index contributed by atoms with van der Waals surface area (Å²) in [6, 6.07) is 9.02. The number of rotatable bonds is 4. The molecule has 32 heavy (non-hydrogen) atoms. The Balaban J connectivity index is 1.43. The van der Waals surface area contributed by atoms with Crippen LogP contribution in [0.15, 0.2) is 51.0 Å². The number of nitrogens with one attached hydrogen (secondary N) is 2. The quantitative estimate of drug-likeness (QED) is 0.540. The second-order valence-electron chi connectivity index (χ2n) is 7.36. The van der Waals surface area contributed by atoms with Gasteiger partial charge in [0.15, 0.2) is 0 Å². The van der Waals surface area contributed by atoms with Gasteiger partial charge in [-0.1, -0.05) is 41.0 Å². The van der Waals surface area contributed by atoms with E-state index in [0.717, 1.165) is 15.4 Å². The van der Waals surface area contributed by atoms with E-state index < -0.39 is 0 Å². The molecular weight excluding hydrogens is 471 g/mol. The van der Waals surface area contributed by atoms with Crippen LogP contribution < -0.4 is 5.69 Å². The van der Waals surface area contributed by atoms with Gasteiger partial charge in [0.25, 0.3) is 0 Å². The van der Waals surface area contributed by atoms with E-state index in [-0.39, 0.29) is 17.5 Å². The zero-order chi connectivity index (χ0) is 22.8. The van der Waals surface area contributed by atoms with Crippen LogP contribution in [0.2, 0.25) is 10.0 Å². The monoisotopic (exact) mass is 490 g/mol. The van der Waals surface area contributed by atoms with E-state index in [1.165, 1.54) is 24.8 Å². The molecular formula is C22H20Cl2N4O3S. The Hall–Kier alpha value is -2.68. The summed E-state index contributed by atoms with van der Waals surface area (Å²) in [6.45, 7) is 3.69. The Kier molecular flexibility index (Phi) is 6.64. The highest BCUT2D eigenvalue weighted by molar-refractivity contribution is 7.99. The SMILES string of the molecule is CC(=O)N1CCN(C(=O)/C=C/c2ccc(Sc3cc4[nH]c(=O)[nH]c4cc3Cl)c(Cl)c2)CC1. The van der Waals surface area contributed by atoms with Gasteiger partial charge in [0.05, 0.1) is 21.1 Å². The fraction of sp³-hybridized carbons (Fsp3) is 0.227. The van der Waals surface area contributed by atoms with Crippen LogP contribution in [0.25, 0.3) is 17.1 Å². The van der Waals surface area contributed by atoms with Crippen LogP contribution in [0.3, 0.4) is 0 Å². The predicted molar refractivity (Wildman–Crippen MR) is 127 cm³/mol. The third-order valence-electron chi connectivity index (χ3n) is 5.20. The van der Waals surface area contributed by atoms with Gasteiger partial charge < -0.3 is 19.8 Å². The minimum atomic E-state index is -0.289. The lowest BCUT2D eigenvalue weighted by molar-refractivity contribution is -0.135. The molecule has 4 rings (SSSR count). The number of halogens is 2. The molecule has 2 amide bonds. The van der Waals surface area contributed by atoms with Crippen LogP contribution in [0.5, 0.6) is 0 Å². The Morgan fingerprint density at radius 3 is 2.22 bits per heavy atom. The largest absolute Gasteiger partial charge is 0.339 e. The minimum absolute atomic E-state index is 0.0304. The number of piperazine rings is 1. The molecule has 1 aromatic heterocycles. The van der Waals surface area contributed by atoms with Crippen molar-refractivity contribution in [2.45, 2.75) is 16.7 Å². The molecule has 0 unspecified atom stereocenters. The molecule has 0 spiro atoms. The number of fused-ring (bicyclic) bond motifs is 1. The average molecular weight is 491 g/mol. The van der Waals surface area contributed by atoms with Gasteiger partial charge >= 0.3 is 5.69 Å². The number of hydrogen-bond acceptors (Lipinski definition) is 4. The summed E-state index contributed by atoms with van der Waals surface area (Å²) in [5, 5.41) is 1.03. The molecule has 1 aliphatic rings. The number of imidazole rings is 1. The van der Waals surface area contributed by atoms with E-state index in [2.05, 4.69) is 9.97 Å². The van der Waals surface area contributed by atoms with Crippen LogP contribution in [-0.4, -0.2) is 57.8 Å². The molecule has 0 aliphatic carbocycles. The molecule has 166 valence electrons. The first-order valence-electron chi connectivity index (χ1n) is 9.91. The second kappa shape index (κ2) is 9.44. The van der Waals surface area contributed by atoms with Gasteiger partial charge in [-0.2, -0.15) is 0 Å². The Morgan fingerprint density at radius 2 is 1.56 bits per heavy atom. The summed E-state index contributed by atoms with van der Waals surface area (Å²) in [6.07, 6.45) is 3.25. The summed E-state index contributed by atoms with van der Waals surface area (Å²) < 4.78 is 0. The third-order valence-corrected chi connectivity index (χ3v) is 7.18. The number of hydrogen-bond donors (Lipinski definition) is 2. The van der Waals surface area contributed by atoms with Gasteiger partial charge in [0.2, 0.25) is 11.8 Å². The summed E-state index contributed by atoms with van der Waals surface area (Å²) in [5.74, 6) is -0.0637. The lowest BCUT2D eigenvalue weighted by atomic mass is 10.2. The summed E-state index contributed by atoms with van der Waals surface area (Å²) in [4.78, 5) is 45.8. The highest BCUT2D eigenvalue weighted by Crippen LogP contribution is 2.38. The van der Waals surface area contributed by atoms with E-state index in [4.69, 9.17) is 23.2 Å². The summed E-state index contributed by atoms with van der Waals surface area (Å²) in [7, 11) is 0. The maximum atomic E-state index is 12.4. The topological polar surface area (TPSA) is 89.3 Å². The van der Waals surface area contributed by atoms with E-state index in [9.17, 15) is 14.4 Å². The van der Waals surface area contributed by atoms with Crippen molar-refractivity contribution >= 4 is 63.9 Å². The first kappa shape index (κ1) is 22.5. The molecule has 0 atom stereocenters. The molecule has 1 fully saturated rings. The number of aromatic amines is 2. The van der Waals surface area contributed by atoms with Crippen LogP contribution >= 0.6 is 35.0 Å². The van der Waals surface area contributed by atoms with E-state index in [0.29, 0.717) is 47.3 Å². The van der Waals surface area contributed by atoms with Crippen molar-refractivity contribution in [2.75, 3.05) is 26.2 Å². The maximum absolute atomic E-state index is 12.4. The van der Waals surface area contributed by atoms with Gasteiger partial charge in [-0.05, 0) is 35.9 Å². The van der Waals surface area contributed by atoms with Crippen molar-refractivity contribution in [1.29, 1.82) is 0 Å². The Morgan fingerprint density at radius 1 is 0.938 bits per heavy atom. The number of carbonyl (C=O) groups is 2.